The number of esters is 1. The summed E-state index contributed by atoms with van der Waals surface area (Å²) < 4.78 is 5.54. The quantitative estimate of drug-likeness (QED) is 0.397. The van der Waals surface area contributed by atoms with Gasteiger partial charge >= 0.3 is 5.97 Å². The van der Waals surface area contributed by atoms with Crippen LogP contribution in [-0.2, 0) is 14.3 Å². The van der Waals surface area contributed by atoms with Crippen LogP contribution in [0.5, 0.6) is 0 Å². The molecule has 5 aliphatic rings. The second-order valence-corrected chi connectivity index (χ2v) is 12.2. The van der Waals surface area contributed by atoms with Crippen LogP contribution in [0.2, 0.25) is 0 Å². The zero-order chi connectivity index (χ0) is 23.7. The Morgan fingerprint density at radius 2 is 1.53 bits per heavy atom. The van der Waals surface area contributed by atoms with Crippen LogP contribution < -0.4 is 5.32 Å². The van der Waals surface area contributed by atoms with Crippen LogP contribution in [0, 0.1) is 17.3 Å². The van der Waals surface area contributed by atoms with Gasteiger partial charge in [0.15, 0.2) is 18.2 Å². The Kier molecular flexibility index (Phi) is 4.86. The van der Waals surface area contributed by atoms with Crippen molar-refractivity contribution in [3.63, 3.8) is 0 Å². The van der Waals surface area contributed by atoms with Crippen LogP contribution in [0.4, 0.5) is 5.69 Å². The van der Waals surface area contributed by atoms with E-state index in [1.807, 2.05) is 0 Å². The van der Waals surface area contributed by atoms with Crippen molar-refractivity contribution in [2.75, 3.05) is 11.9 Å². The molecule has 4 fully saturated rings. The minimum atomic E-state index is -0.486. The monoisotopic (exact) mass is 521 g/mol. The molecule has 5 aliphatic carbocycles. The normalized spacial score (nSPS) is 30.5. The highest BCUT2D eigenvalue weighted by molar-refractivity contribution is 9.10. The molecule has 0 heterocycles. The van der Waals surface area contributed by atoms with Gasteiger partial charge in [-0.1, -0.05) is 40.2 Å². The third-order valence-corrected chi connectivity index (χ3v) is 8.89. The maximum atomic E-state index is 13.1. The van der Waals surface area contributed by atoms with Crippen LogP contribution in [-0.4, -0.2) is 34.4 Å². The molecule has 4 bridgehead atoms. The van der Waals surface area contributed by atoms with Crippen LogP contribution in [0.15, 0.2) is 42.5 Å². The number of alkyl halides is 1. The molecule has 0 aliphatic heterocycles. The number of halogens is 1. The zero-order valence-corrected chi connectivity index (χ0v) is 20.2. The van der Waals surface area contributed by atoms with E-state index in [-0.39, 0.29) is 34.0 Å². The van der Waals surface area contributed by atoms with E-state index in [9.17, 15) is 19.2 Å². The molecule has 1 N–H and O–H groups in total. The van der Waals surface area contributed by atoms with Gasteiger partial charge in [0.25, 0.3) is 5.91 Å². The molecule has 2 aromatic carbocycles. The van der Waals surface area contributed by atoms with Gasteiger partial charge in [-0.15, -0.1) is 0 Å². The van der Waals surface area contributed by atoms with E-state index < -0.39 is 11.3 Å². The molecule has 174 valence electrons. The van der Waals surface area contributed by atoms with E-state index in [0.717, 1.165) is 32.1 Å². The standard InChI is InChI=1S/C27H24BrNO5/c28-27-11-15-7-16(12-27)10-26(9-15,14-27)25(33)34-13-22(30)29-17-5-6-20-21(8-17)24(32)19-4-2-1-3-18(19)23(20)31/h1-6,8,15-16H,7,9-14H2,(H,29,30). The molecule has 2 unspecified atom stereocenters. The van der Waals surface area contributed by atoms with Crippen LogP contribution in [0.25, 0.3) is 0 Å². The number of carbonyl (C=O) groups is 4. The summed E-state index contributed by atoms with van der Waals surface area (Å²) in [6.07, 6.45) is 5.88. The molecule has 6 nitrogen and oxygen atoms in total. The molecule has 2 atom stereocenters. The fraction of sp³-hybridized carbons (Fsp3) is 0.407. The molecular weight excluding hydrogens is 498 g/mol. The van der Waals surface area contributed by atoms with Crippen molar-refractivity contribution < 1.29 is 23.9 Å². The molecule has 0 radical (unpaired) electrons. The van der Waals surface area contributed by atoms with Crippen molar-refractivity contribution in [2.24, 2.45) is 17.3 Å². The maximum Gasteiger partial charge on any atom is 0.312 e. The number of rotatable bonds is 4. The Labute approximate surface area is 205 Å². The Hall–Kier alpha value is -2.80. The number of nitrogens with one attached hydrogen (secondary N) is 1. The van der Waals surface area contributed by atoms with Gasteiger partial charge in [-0.25, -0.2) is 0 Å². The number of hydrogen-bond donors (Lipinski definition) is 1. The minimum Gasteiger partial charge on any atom is -0.455 e. The SMILES string of the molecule is O=C(COC(=O)C12CC3CC(CC(Br)(C3)C1)C2)Nc1ccc2c(c1)C(=O)c1ccccc1C2=O. The molecule has 7 rings (SSSR count). The molecule has 2 aromatic rings. The third kappa shape index (κ3) is 3.44. The lowest BCUT2D eigenvalue weighted by atomic mass is 9.49. The van der Waals surface area contributed by atoms with E-state index in [2.05, 4.69) is 21.2 Å². The summed E-state index contributed by atoms with van der Waals surface area (Å²) in [7, 11) is 0. The molecule has 7 heteroatoms. The molecule has 0 spiro atoms. The van der Waals surface area contributed by atoms with Crippen molar-refractivity contribution in [2.45, 2.75) is 42.8 Å². The summed E-state index contributed by atoms with van der Waals surface area (Å²) in [4.78, 5) is 51.3. The average molecular weight is 522 g/mol. The van der Waals surface area contributed by atoms with Crippen molar-refractivity contribution in [1.29, 1.82) is 0 Å². The van der Waals surface area contributed by atoms with Gasteiger partial charge in [-0.05, 0) is 68.6 Å². The van der Waals surface area contributed by atoms with E-state index in [1.165, 1.54) is 12.5 Å². The first-order chi connectivity index (χ1) is 16.3. The first kappa shape index (κ1) is 21.7. The summed E-state index contributed by atoms with van der Waals surface area (Å²) in [5.41, 5.74) is 1.22. The van der Waals surface area contributed by atoms with E-state index in [4.69, 9.17) is 4.74 Å². The molecule has 4 saturated carbocycles. The van der Waals surface area contributed by atoms with Gasteiger partial charge in [0.2, 0.25) is 0 Å². The first-order valence-corrected chi connectivity index (χ1v) is 12.5. The zero-order valence-electron chi connectivity index (χ0n) is 18.6. The number of fused-ring (bicyclic) bond motifs is 2. The van der Waals surface area contributed by atoms with Crippen molar-refractivity contribution in [3.05, 3.63) is 64.7 Å². The summed E-state index contributed by atoms with van der Waals surface area (Å²) in [6, 6.07) is 11.4. The van der Waals surface area contributed by atoms with Gasteiger partial charge < -0.3 is 10.1 Å². The van der Waals surface area contributed by atoms with Crippen LogP contribution in [0.1, 0.15) is 70.4 Å². The van der Waals surface area contributed by atoms with E-state index in [0.29, 0.717) is 34.2 Å². The fourth-order valence-corrected chi connectivity index (χ4v) is 8.50. The molecular formula is C27H24BrNO5. The molecule has 34 heavy (non-hydrogen) atoms. The lowest BCUT2D eigenvalue weighted by Crippen LogP contribution is -2.56. The average Bonchev–Trinajstić information content (AvgIpc) is 2.79. The molecule has 0 saturated heterocycles. The highest BCUT2D eigenvalue weighted by Crippen LogP contribution is 2.64. The number of benzene rings is 2. The Bertz CT molecular complexity index is 1250. The number of hydrogen-bond acceptors (Lipinski definition) is 5. The van der Waals surface area contributed by atoms with E-state index in [1.54, 1.807) is 36.4 Å². The highest BCUT2D eigenvalue weighted by Gasteiger charge is 2.60. The number of ether oxygens (including phenoxy) is 1. The largest absolute Gasteiger partial charge is 0.455 e. The number of anilines is 1. The lowest BCUT2D eigenvalue weighted by molar-refractivity contribution is -0.170. The molecule has 0 aromatic heterocycles. The summed E-state index contributed by atoms with van der Waals surface area (Å²) in [5.74, 6) is -0.119. The van der Waals surface area contributed by atoms with Crippen molar-refractivity contribution in [3.8, 4) is 0 Å². The summed E-state index contributed by atoms with van der Waals surface area (Å²) >= 11 is 3.90. The van der Waals surface area contributed by atoms with Crippen LogP contribution in [0.3, 0.4) is 0 Å². The molecule has 1 amide bonds. The smallest absolute Gasteiger partial charge is 0.312 e. The lowest BCUT2D eigenvalue weighted by Gasteiger charge is -2.58. The Balaban J connectivity index is 1.13. The van der Waals surface area contributed by atoms with Gasteiger partial charge in [-0.3, -0.25) is 19.2 Å². The van der Waals surface area contributed by atoms with Crippen molar-refractivity contribution in [1.82, 2.24) is 0 Å². The minimum absolute atomic E-state index is 0.0318. The second-order valence-electron chi connectivity index (χ2n) is 10.5. The highest BCUT2D eigenvalue weighted by atomic mass is 79.9. The Morgan fingerprint density at radius 1 is 0.912 bits per heavy atom. The van der Waals surface area contributed by atoms with Gasteiger partial charge in [0, 0.05) is 32.3 Å². The third-order valence-electron chi connectivity index (χ3n) is 7.97. The maximum absolute atomic E-state index is 13.1. The number of amides is 1. The summed E-state index contributed by atoms with van der Waals surface area (Å²) in [6.45, 7) is -0.377. The van der Waals surface area contributed by atoms with Gasteiger partial charge in [-0.2, -0.15) is 0 Å². The fourth-order valence-electron chi connectivity index (χ4n) is 7.05. The predicted molar refractivity (Wildman–Crippen MR) is 128 cm³/mol. The number of carbonyl (C=O) groups excluding carboxylic acids is 4. The second kappa shape index (κ2) is 7.60. The van der Waals surface area contributed by atoms with Crippen LogP contribution >= 0.6 is 15.9 Å². The van der Waals surface area contributed by atoms with E-state index >= 15 is 0 Å². The van der Waals surface area contributed by atoms with Gasteiger partial charge in [0.1, 0.15) is 0 Å². The Morgan fingerprint density at radius 3 is 2.18 bits per heavy atom. The summed E-state index contributed by atoms with van der Waals surface area (Å²) in [5, 5.41) is 2.70. The predicted octanol–water partition coefficient (Wildman–Crippen LogP) is 4.68. The van der Waals surface area contributed by atoms with Crippen molar-refractivity contribution >= 4 is 45.1 Å². The van der Waals surface area contributed by atoms with Gasteiger partial charge in [0.05, 0.1) is 5.41 Å². The number of ketones is 2. The topological polar surface area (TPSA) is 89.5 Å². The first-order valence-electron chi connectivity index (χ1n) is 11.7.